The first-order valence-corrected chi connectivity index (χ1v) is 5.41. The van der Waals surface area contributed by atoms with Crippen LogP contribution >= 0.6 is 0 Å². The summed E-state index contributed by atoms with van der Waals surface area (Å²) in [6, 6.07) is 1.80. The largest absolute Gasteiger partial charge is 0.384 e. The fourth-order valence-corrected chi connectivity index (χ4v) is 1.43. The Labute approximate surface area is 90.3 Å². The van der Waals surface area contributed by atoms with E-state index in [0.717, 1.165) is 11.6 Å². The molecule has 2 rings (SSSR count). The Morgan fingerprint density at radius 3 is 2.60 bits per heavy atom. The van der Waals surface area contributed by atoms with Gasteiger partial charge in [-0.25, -0.2) is 9.97 Å². The van der Waals surface area contributed by atoms with Gasteiger partial charge in [-0.05, 0) is 19.8 Å². The first-order chi connectivity index (χ1) is 6.98. The molecule has 0 atom stereocenters. The number of nitrogens with zero attached hydrogens (tertiary/aromatic N) is 2. The molecule has 1 aromatic heterocycles. The number of hydrogen-bond donors (Lipinski definition) is 2. The van der Waals surface area contributed by atoms with Gasteiger partial charge in [-0.2, -0.15) is 0 Å². The zero-order valence-corrected chi connectivity index (χ0v) is 9.54. The second-order valence-corrected chi connectivity index (χ2v) is 4.88. The number of aromatic nitrogens is 2. The van der Waals surface area contributed by atoms with Crippen molar-refractivity contribution in [2.75, 3.05) is 11.1 Å². The molecular formula is C11H18N4. The second kappa shape index (κ2) is 3.36. The molecule has 0 aliphatic heterocycles. The van der Waals surface area contributed by atoms with Gasteiger partial charge in [0.1, 0.15) is 17.5 Å². The van der Waals surface area contributed by atoms with Crippen molar-refractivity contribution >= 4 is 11.6 Å². The van der Waals surface area contributed by atoms with Crippen LogP contribution in [0, 0.1) is 0 Å². The fraction of sp³-hybridized carbons (Fsp3) is 0.636. The van der Waals surface area contributed by atoms with Gasteiger partial charge in [0.25, 0.3) is 0 Å². The highest BCUT2D eigenvalue weighted by molar-refractivity contribution is 5.47. The van der Waals surface area contributed by atoms with Crippen molar-refractivity contribution in [2.24, 2.45) is 0 Å². The molecule has 4 heteroatoms. The van der Waals surface area contributed by atoms with Crippen LogP contribution in [-0.4, -0.2) is 15.5 Å². The maximum Gasteiger partial charge on any atom is 0.135 e. The standard InChI is InChI=1S/C11H18N4/c1-7(2)10-13-8(12)6-9(14-10)15-11(3)4-5-11/h6-7H,4-5H2,1-3H3,(H3,12,13,14,15). The average Bonchev–Trinajstić information content (AvgIpc) is 2.81. The van der Waals surface area contributed by atoms with E-state index in [-0.39, 0.29) is 5.54 Å². The molecule has 0 radical (unpaired) electrons. The predicted octanol–water partition coefficient (Wildman–Crippen LogP) is 2.15. The van der Waals surface area contributed by atoms with Gasteiger partial charge in [0.2, 0.25) is 0 Å². The Balaban J connectivity index is 2.23. The van der Waals surface area contributed by atoms with Crippen LogP contribution in [0.25, 0.3) is 0 Å². The molecule has 4 nitrogen and oxygen atoms in total. The summed E-state index contributed by atoms with van der Waals surface area (Å²) in [6.45, 7) is 6.33. The molecule has 1 fully saturated rings. The third kappa shape index (κ3) is 2.37. The molecule has 0 amide bonds. The second-order valence-electron chi connectivity index (χ2n) is 4.88. The van der Waals surface area contributed by atoms with Crippen LogP contribution in [0.1, 0.15) is 45.4 Å². The number of rotatable bonds is 3. The molecule has 15 heavy (non-hydrogen) atoms. The Bertz CT molecular complexity index is 369. The summed E-state index contributed by atoms with van der Waals surface area (Å²) in [5, 5.41) is 3.40. The van der Waals surface area contributed by atoms with E-state index in [0.29, 0.717) is 11.7 Å². The van der Waals surface area contributed by atoms with Gasteiger partial charge < -0.3 is 11.1 Å². The van der Waals surface area contributed by atoms with E-state index in [1.807, 2.05) is 0 Å². The van der Waals surface area contributed by atoms with E-state index in [2.05, 4.69) is 36.1 Å². The normalized spacial score (nSPS) is 17.9. The van der Waals surface area contributed by atoms with E-state index < -0.39 is 0 Å². The van der Waals surface area contributed by atoms with Crippen molar-refractivity contribution < 1.29 is 0 Å². The minimum Gasteiger partial charge on any atom is -0.384 e. The molecule has 0 spiro atoms. The number of anilines is 2. The van der Waals surface area contributed by atoms with Gasteiger partial charge in [-0.15, -0.1) is 0 Å². The number of nitrogens with one attached hydrogen (secondary N) is 1. The third-order valence-corrected chi connectivity index (χ3v) is 2.71. The van der Waals surface area contributed by atoms with Crippen molar-refractivity contribution in [1.82, 2.24) is 9.97 Å². The molecule has 1 aromatic rings. The Morgan fingerprint density at radius 2 is 2.07 bits per heavy atom. The molecule has 0 saturated heterocycles. The van der Waals surface area contributed by atoms with Crippen LogP contribution < -0.4 is 11.1 Å². The topological polar surface area (TPSA) is 63.8 Å². The van der Waals surface area contributed by atoms with E-state index in [1.54, 1.807) is 6.07 Å². The summed E-state index contributed by atoms with van der Waals surface area (Å²) in [7, 11) is 0. The summed E-state index contributed by atoms with van der Waals surface area (Å²) < 4.78 is 0. The molecule has 0 unspecified atom stereocenters. The number of nitrogen functional groups attached to an aromatic ring is 1. The van der Waals surface area contributed by atoms with Crippen LogP contribution in [0.15, 0.2) is 6.07 Å². The highest BCUT2D eigenvalue weighted by Crippen LogP contribution is 2.37. The maximum absolute atomic E-state index is 5.75. The lowest BCUT2D eigenvalue weighted by molar-refractivity contribution is 0.763. The summed E-state index contributed by atoms with van der Waals surface area (Å²) in [6.07, 6.45) is 2.40. The lowest BCUT2D eigenvalue weighted by atomic mass is 10.2. The molecule has 1 saturated carbocycles. The van der Waals surface area contributed by atoms with E-state index in [1.165, 1.54) is 12.8 Å². The number of hydrogen-bond acceptors (Lipinski definition) is 4. The minimum absolute atomic E-state index is 0.231. The highest BCUT2D eigenvalue weighted by Gasteiger charge is 2.37. The monoisotopic (exact) mass is 206 g/mol. The van der Waals surface area contributed by atoms with Gasteiger partial charge in [0, 0.05) is 17.5 Å². The smallest absolute Gasteiger partial charge is 0.135 e. The van der Waals surface area contributed by atoms with Crippen molar-refractivity contribution in [1.29, 1.82) is 0 Å². The lowest BCUT2D eigenvalue weighted by Crippen LogP contribution is -2.18. The molecule has 1 aliphatic carbocycles. The van der Waals surface area contributed by atoms with Crippen LogP contribution in [-0.2, 0) is 0 Å². The van der Waals surface area contributed by atoms with Crippen LogP contribution in [0.3, 0.4) is 0 Å². The fourth-order valence-electron chi connectivity index (χ4n) is 1.43. The Hall–Kier alpha value is -1.32. The van der Waals surface area contributed by atoms with E-state index in [4.69, 9.17) is 5.73 Å². The average molecular weight is 206 g/mol. The molecule has 1 heterocycles. The lowest BCUT2D eigenvalue weighted by Gasteiger charge is -2.14. The SMILES string of the molecule is CC(C)c1nc(N)cc(NC2(C)CC2)n1. The third-order valence-electron chi connectivity index (χ3n) is 2.71. The van der Waals surface area contributed by atoms with E-state index in [9.17, 15) is 0 Å². The van der Waals surface area contributed by atoms with Gasteiger partial charge in [-0.1, -0.05) is 13.8 Å². The summed E-state index contributed by atoms with van der Waals surface area (Å²) in [5.74, 6) is 2.51. The van der Waals surface area contributed by atoms with E-state index >= 15 is 0 Å². The van der Waals surface area contributed by atoms with Crippen molar-refractivity contribution in [2.45, 2.75) is 45.1 Å². The molecule has 82 valence electrons. The summed E-state index contributed by atoms with van der Waals surface area (Å²) in [4.78, 5) is 8.67. The molecule has 1 aliphatic rings. The Morgan fingerprint density at radius 1 is 1.40 bits per heavy atom. The van der Waals surface area contributed by atoms with Gasteiger partial charge in [-0.3, -0.25) is 0 Å². The quantitative estimate of drug-likeness (QED) is 0.795. The zero-order chi connectivity index (χ0) is 11.1. The zero-order valence-electron chi connectivity index (χ0n) is 9.54. The van der Waals surface area contributed by atoms with Crippen LogP contribution in [0.4, 0.5) is 11.6 Å². The molecule has 3 N–H and O–H groups in total. The van der Waals surface area contributed by atoms with Crippen LogP contribution in [0.2, 0.25) is 0 Å². The summed E-state index contributed by atoms with van der Waals surface area (Å²) in [5.41, 5.74) is 5.98. The predicted molar refractivity (Wildman–Crippen MR) is 61.8 cm³/mol. The Kier molecular flexibility index (Phi) is 2.29. The van der Waals surface area contributed by atoms with Gasteiger partial charge in [0.05, 0.1) is 0 Å². The van der Waals surface area contributed by atoms with Crippen LogP contribution in [0.5, 0.6) is 0 Å². The minimum atomic E-state index is 0.231. The summed E-state index contributed by atoms with van der Waals surface area (Å²) >= 11 is 0. The number of nitrogens with two attached hydrogens (primary N) is 1. The van der Waals surface area contributed by atoms with Crippen molar-refractivity contribution in [3.8, 4) is 0 Å². The first-order valence-electron chi connectivity index (χ1n) is 5.41. The van der Waals surface area contributed by atoms with Crippen molar-refractivity contribution in [3.05, 3.63) is 11.9 Å². The highest BCUT2D eigenvalue weighted by atomic mass is 15.1. The molecular weight excluding hydrogens is 188 g/mol. The maximum atomic E-state index is 5.75. The van der Waals surface area contributed by atoms with Gasteiger partial charge >= 0.3 is 0 Å². The van der Waals surface area contributed by atoms with Gasteiger partial charge in [0.15, 0.2) is 0 Å². The van der Waals surface area contributed by atoms with Crippen molar-refractivity contribution in [3.63, 3.8) is 0 Å². The molecule has 0 bridgehead atoms. The first kappa shape index (κ1) is 10.2. The molecule has 0 aromatic carbocycles.